The molecule has 0 unspecified atom stereocenters. The second kappa shape index (κ2) is 3.88. The Morgan fingerprint density at radius 1 is 1.40 bits per heavy atom. The molecule has 0 radical (unpaired) electrons. The van der Waals surface area contributed by atoms with Crippen LogP contribution < -0.4 is 0 Å². The molecule has 0 N–H and O–H groups in total. The molecule has 0 spiro atoms. The topological polar surface area (TPSA) is 33.0 Å². The van der Waals surface area contributed by atoms with Crippen LogP contribution in [0.1, 0.15) is 5.56 Å². The fourth-order valence-electron chi connectivity index (χ4n) is 1.86. The third-order valence-corrected chi connectivity index (χ3v) is 2.86. The van der Waals surface area contributed by atoms with Crippen LogP contribution >= 0.6 is 0 Å². The quantitative estimate of drug-likeness (QED) is 0.685. The molecule has 2 nitrogen and oxygen atoms in total. The summed E-state index contributed by atoms with van der Waals surface area (Å²) in [5.41, 5.74) is 1.54. The summed E-state index contributed by atoms with van der Waals surface area (Å²) in [6, 6.07) is 12.4. The minimum absolute atomic E-state index is 0.469. The summed E-state index contributed by atoms with van der Waals surface area (Å²) in [4.78, 5) is 0. The lowest BCUT2D eigenvalue weighted by Gasteiger charge is -2.19. The maximum atomic E-state index is 9.26. The van der Waals surface area contributed by atoms with Crippen LogP contribution in [0.3, 0.4) is 0 Å². The third kappa shape index (κ3) is 1.79. The van der Waals surface area contributed by atoms with E-state index < -0.39 is 5.41 Å². The zero-order valence-corrected chi connectivity index (χ0v) is 8.57. The minimum atomic E-state index is -0.513. The second-order valence-electron chi connectivity index (χ2n) is 3.95. The number of hydrogen-bond donors (Lipinski definition) is 0. The molecule has 1 aromatic carbocycles. The van der Waals surface area contributed by atoms with Crippen LogP contribution in [0, 0.1) is 16.7 Å². The van der Waals surface area contributed by atoms with Crippen molar-refractivity contribution in [2.75, 3.05) is 13.2 Å². The van der Waals surface area contributed by atoms with Gasteiger partial charge in [-0.1, -0.05) is 36.9 Å². The Morgan fingerprint density at radius 2 is 2.13 bits per heavy atom. The predicted octanol–water partition coefficient (Wildman–Crippen LogP) is 2.33. The maximum absolute atomic E-state index is 9.26. The van der Waals surface area contributed by atoms with Crippen LogP contribution in [0.25, 0.3) is 0 Å². The van der Waals surface area contributed by atoms with Crippen molar-refractivity contribution >= 4 is 0 Å². The van der Waals surface area contributed by atoms with Gasteiger partial charge in [0.25, 0.3) is 0 Å². The molecule has 2 heteroatoms. The molecule has 76 valence electrons. The van der Waals surface area contributed by atoms with Gasteiger partial charge in [0, 0.05) is 0 Å². The number of hydrogen-bond acceptors (Lipinski definition) is 2. The van der Waals surface area contributed by atoms with Crippen LogP contribution in [0.2, 0.25) is 0 Å². The molecular formula is C13H13NO. The standard InChI is InChI=1S/C13H13NO/c1-11-8-15-10-13(11,9-14)7-12-5-3-2-4-6-12/h2-6H,1,7-8,10H2/t13-/m0/s1. The molecule has 1 heterocycles. The van der Waals surface area contributed by atoms with E-state index >= 15 is 0 Å². The van der Waals surface area contributed by atoms with Gasteiger partial charge in [-0.15, -0.1) is 0 Å². The Morgan fingerprint density at radius 3 is 2.67 bits per heavy atom. The van der Waals surface area contributed by atoms with Gasteiger partial charge in [0.2, 0.25) is 0 Å². The fraction of sp³-hybridized carbons (Fsp3) is 0.308. The first-order chi connectivity index (χ1) is 7.27. The Kier molecular flexibility index (Phi) is 2.57. The van der Waals surface area contributed by atoms with Crippen molar-refractivity contribution in [3.05, 3.63) is 48.0 Å². The van der Waals surface area contributed by atoms with E-state index in [1.807, 2.05) is 30.3 Å². The Hall–Kier alpha value is -1.59. The largest absolute Gasteiger partial charge is 0.375 e. The lowest BCUT2D eigenvalue weighted by atomic mass is 9.79. The summed E-state index contributed by atoms with van der Waals surface area (Å²) in [6.45, 7) is 4.91. The molecule has 1 aliphatic rings. The summed E-state index contributed by atoms with van der Waals surface area (Å²) in [5.74, 6) is 0. The third-order valence-electron chi connectivity index (χ3n) is 2.86. The van der Waals surface area contributed by atoms with Gasteiger partial charge in [0.1, 0.15) is 5.41 Å². The average molecular weight is 199 g/mol. The highest BCUT2D eigenvalue weighted by Crippen LogP contribution is 2.35. The van der Waals surface area contributed by atoms with E-state index in [9.17, 15) is 5.26 Å². The van der Waals surface area contributed by atoms with Gasteiger partial charge in [-0.25, -0.2) is 0 Å². The molecule has 0 aromatic heterocycles. The highest BCUT2D eigenvalue weighted by Gasteiger charge is 2.38. The first-order valence-corrected chi connectivity index (χ1v) is 4.98. The van der Waals surface area contributed by atoms with E-state index in [1.165, 1.54) is 0 Å². The van der Waals surface area contributed by atoms with Gasteiger partial charge in [0.05, 0.1) is 19.3 Å². The SMILES string of the molecule is C=C1COC[C@@]1(C#N)Cc1ccccc1. The smallest absolute Gasteiger partial charge is 0.107 e. The normalized spacial score (nSPS) is 25.1. The molecule has 2 rings (SSSR count). The van der Waals surface area contributed by atoms with Gasteiger partial charge in [-0.3, -0.25) is 0 Å². The highest BCUT2D eigenvalue weighted by atomic mass is 16.5. The zero-order chi connectivity index (χ0) is 10.7. The molecule has 0 amide bonds. The number of nitrogens with zero attached hydrogens (tertiary/aromatic N) is 1. The van der Waals surface area contributed by atoms with Crippen LogP contribution in [-0.2, 0) is 11.2 Å². The average Bonchev–Trinajstić information content (AvgIpc) is 2.62. The van der Waals surface area contributed by atoms with Crippen LogP contribution in [0.15, 0.2) is 42.5 Å². The van der Waals surface area contributed by atoms with Crippen molar-refractivity contribution in [1.29, 1.82) is 5.26 Å². The molecule has 1 aliphatic heterocycles. The van der Waals surface area contributed by atoms with Crippen molar-refractivity contribution in [3.63, 3.8) is 0 Å². The lowest BCUT2D eigenvalue weighted by molar-refractivity contribution is 0.172. The summed E-state index contributed by atoms with van der Waals surface area (Å²) in [7, 11) is 0. The summed E-state index contributed by atoms with van der Waals surface area (Å²) >= 11 is 0. The van der Waals surface area contributed by atoms with E-state index in [2.05, 4.69) is 12.6 Å². The van der Waals surface area contributed by atoms with Gasteiger partial charge in [0.15, 0.2) is 0 Å². The fourth-order valence-corrected chi connectivity index (χ4v) is 1.86. The van der Waals surface area contributed by atoms with Crippen LogP contribution in [0.4, 0.5) is 0 Å². The lowest BCUT2D eigenvalue weighted by Crippen LogP contribution is -2.23. The monoisotopic (exact) mass is 199 g/mol. The summed E-state index contributed by atoms with van der Waals surface area (Å²) in [5, 5.41) is 9.26. The maximum Gasteiger partial charge on any atom is 0.107 e. The highest BCUT2D eigenvalue weighted by molar-refractivity contribution is 5.30. The molecule has 1 atom stereocenters. The first kappa shape index (κ1) is 9.95. The summed E-state index contributed by atoms with van der Waals surface area (Å²) in [6.07, 6.45) is 0.698. The molecule has 0 saturated carbocycles. The van der Waals surface area contributed by atoms with Gasteiger partial charge < -0.3 is 4.74 Å². The van der Waals surface area contributed by atoms with Gasteiger partial charge >= 0.3 is 0 Å². The van der Waals surface area contributed by atoms with Gasteiger partial charge in [-0.2, -0.15) is 5.26 Å². The predicted molar refractivity (Wildman–Crippen MR) is 58.2 cm³/mol. The Bertz CT molecular complexity index is 404. The van der Waals surface area contributed by atoms with Crippen molar-refractivity contribution in [2.24, 2.45) is 5.41 Å². The van der Waals surface area contributed by atoms with Crippen LogP contribution in [0.5, 0.6) is 0 Å². The minimum Gasteiger partial charge on any atom is -0.375 e. The molecular weight excluding hydrogens is 186 g/mol. The van der Waals surface area contributed by atoms with E-state index in [-0.39, 0.29) is 0 Å². The van der Waals surface area contributed by atoms with E-state index in [0.29, 0.717) is 19.6 Å². The van der Waals surface area contributed by atoms with E-state index in [4.69, 9.17) is 4.74 Å². The van der Waals surface area contributed by atoms with Gasteiger partial charge in [-0.05, 0) is 17.6 Å². The number of benzene rings is 1. The Labute approximate surface area is 89.8 Å². The van der Waals surface area contributed by atoms with Crippen LogP contribution in [-0.4, -0.2) is 13.2 Å². The molecule has 1 aromatic rings. The van der Waals surface area contributed by atoms with Crippen molar-refractivity contribution in [3.8, 4) is 6.07 Å². The summed E-state index contributed by atoms with van der Waals surface area (Å²) < 4.78 is 5.31. The number of ether oxygens (including phenoxy) is 1. The number of rotatable bonds is 2. The zero-order valence-electron chi connectivity index (χ0n) is 8.57. The van der Waals surface area contributed by atoms with E-state index in [0.717, 1.165) is 11.1 Å². The first-order valence-electron chi connectivity index (χ1n) is 4.98. The molecule has 0 aliphatic carbocycles. The van der Waals surface area contributed by atoms with Crippen molar-refractivity contribution < 1.29 is 4.74 Å². The van der Waals surface area contributed by atoms with E-state index in [1.54, 1.807) is 0 Å². The molecule has 15 heavy (non-hydrogen) atoms. The molecule has 1 fully saturated rings. The Balaban J connectivity index is 2.24. The molecule has 0 bridgehead atoms. The number of nitriles is 1. The second-order valence-corrected chi connectivity index (χ2v) is 3.95. The van der Waals surface area contributed by atoms with Crippen molar-refractivity contribution in [1.82, 2.24) is 0 Å². The van der Waals surface area contributed by atoms with Crippen molar-refractivity contribution in [2.45, 2.75) is 6.42 Å². The molecule has 1 saturated heterocycles.